The number of ether oxygens (including phenoxy) is 2. The van der Waals surface area contributed by atoms with Crippen LogP contribution in [0.4, 0.5) is 4.79 Å². The molecule has 0 unspecified atom stereocenters. The van der Waals surface area contributed by atoms with Crippen LogP contribution in [-0.2, 0) is 9.47 Å². The molecule has 0 atom stereocenters. The molecular formula is C33H62O3. The van der Waals surface area contributed by atoms with E-state index in [4.69, 9.17) is 9.47 Å². The Balaban J connectivity index is 3.22. The summed E-state index contributed by atoms with van der Waals surface area (Å²) in [6.07, 6.45) is 39.1. The van der Waals surface area contributed by atoms with E-state index in [9.17, 15) is 4.79 Å². The van der Waals surface area contributed by atoms with Crippen LogP contribution in [0.25, 0.3) is 0 Å². The number of carbonyl (C=O) groups excluding carboxylic acids is 1. The van der Waals surface area contributed by atoms with E-state index in [2.05, 4.69) is 38.2 Å². The number of allylic oxidation sites excluding steroid dienone is 4. The van der Waals surface area contributed by atoms with E-state index in [-0.39, 0.29) is 0 Å². The highest BCUT2D eigenvalue weighted by molar-refractivity contribution is 5.59. The highest BCUT2D eigenvalue weighted by Gasteiger charge is 2.03. The molecule has 0 fully saturated rings. The summed E-state index contributed by atoms with van der Waals surface area (Å²) in [7, 11) is 0. The molecule has 0 aliphatic rings. The zero-order valence-corrected chi connectivity index (χ0v) is 24.4. The quantitative estimate of drug-likeness (QED) is 0.0601. The maximum absolute atomic E-state index is 11.7. The average Bonchev–Trinajstić information content (AvgIpc) is 2.88. The van der Waals surface area contributed by atoms with Crippen molar-refractivity contribution in [1.82, 2.24) is 0 Å². The maximum atomic E-state index is 11.7. The lowest BCUT2D eigenvalue weighted by Gasteiger charge is -2.06. The highest BCUT2D eigenvalue weighted by Crippen LogP contribution is 2.11. The van der Waals surface area contributed by atoms with Crippen LogP contribution in [0.5, 0.6) is 0 Å². The molecule has 0 N–H and O–H groups in total. The first-order valence-corrected chi connectivity index (χ1v) is 15.9. The van der Waals surface area contributed by atoms with Crippen molar-refractivity contribution in [3.05, 3.63) is 24.3 Å². The Kier molecular flexibility index (Phi) is 30.7. The summed E-state index contributed by atoms with van der Waals surface area (Å²) in [6.45, 7) is 5.51. The van der Waals surface area contributed by atoms with Gasteiger partial charge in [-0.05, 0) is 64.2 Å². The Morgan fingerprint density at radius 2 is 0.694 bits per heavy atom. The third-order valence-electron chi connectivity index (χ3n) is 6.75. The lowest BCUT2D eigenvalue weighted by Crippen LogP contribution is -2.09. The zero-order valence-electron chi connectivity index (χ0n) is 24.4. The van der Waals surface area contributed by atoms with Gasteiger partial charge in [-0.25, -0.2) is 4.79 Å². The summed E-state index contributed by atoms with van der Waals surface area (Å²) in [5.41, 5.74) is 0. The topological polar surface area (TPSA) is 35.5 Å². The Bertz CT molecular complexity index is 441. The summed E-state index contributed by atoms with van der Waals surface area (Å²) in [5.74, 6) is 0. The Morgan fingerprint density at radius 3 is 1.03 bits per heavy atom. The summed E-state index contributed by atoms with van der Waals surface area (Å²) in [6, 6.07) is 0. The molecule has 0 aromatic carbocycles. The molecule has 36 heavy (non-hydrogen) atoms. The summed E-state index contributed by atoms with van der Waals surface area (Å²) in [4.78, 5) is 11.7. The van der Waals surface area contributed by atoms with Crippen molar-refractivity contribution in [1.29, 1.82) is 0 Å². The van der Waals surface area contributed by atoms with E-state index in [1.807, 2.05) is 0 Å². The Hall–Kier alpha value is -1.25. The lowest BCUT2D eigenvalue weighted by atomic mass is 10.1. The van der Waals surface area contributed by atoms with Crippen molar-refractivity contribution < 1.29 is 14.3 Å². The van der Waals surface area contributed by atoms with E-state index in [1.54, 1.807) is 0 Å². The molecule has 0 aromatic heterocycles. The molecule has 0 saturated carbocycles. The predicted octanol–water partition coefficient (Wildman–Crippen LogP) is 11.7. The van der Waals surface area contributed by atoms with Crippen LogP contribution in [0.15, 0.2) is 24.3 Å². The highest BCUT2D eigenvalue weighted by atomic mass is 16.7. The van der Waals surface area contributed by atoms with Crippen LogP contribution in [0, 0.1) is 0 Å². The second kappa shape index (κ2) is 31.8. The Labute approximate surface area is 225 Å². The van der Waals surface area contributed by atoms with Crippen molar-refractivity contribution in [2.45, 2.75) is 168 Å². The van der Waals surface area contributed by atoms with Gasteiger partial charge in [-0.3, -0.25) is 0 Å². The molecule has 0 radical (unpaired) electrons. The molecule has 3 heteroatoms. The van der Waals surface area contributed by atoms with Gasteiger partial charge in [0.25, 0.3) is 0 Å². The van der Waals surface area contributed by atoms with Gasteiger partial charge in [0.2, 0.25) is 0 Å². The molecule has 0 aromatic rings. The van der Waals surface area contributed by atoms with Gasteiger partial charge in [0.05, 0.1) is 13.2 Å². The SMILES string of the molecule is CCCCCC/C=C\CCCCCCCCOC(=O)OCCCCCCCC/C=C\CCCCCC. The molecule has 0 heterocycles. The molecule has 0 bridgehead atoms. The number of hydrogen-bond donors (Lipinski definition) is 0. The average molecular weight is 507 g/mol. The van der Waals surface area contributed by atoms with Gasteiger partial charge in [-0.2, -0.15) is 0 Å². The van der Waals surface area contributed by atoms with Crippen molar-refractivity contribution in [2.75, 3.05) is 13.2 Å². The van der Waals surface area contributed by atoms with Crippen LogP contribution >= 0.6 is 0 Å². The first-order chi connectivity index (χ1) is 17.8. The minimum Gasteiger partial charge on any atom is -0.434 e. The van der Waals surface area contributed by atoms with Crippen molar-refractivity contribution in [3.63, 3.8) is 0 Å². The summed E-state index contributed by atoms with van der Waals surface area (Å²) < 4.78 is 10.4. The molecule has 0 aliphatic carbocycles. The van der Waals surface area contributed by atoms with Crippen molar-refractivity contribution in [2.24, 2.45) is 0 Å². The molecule has 0 rings (SSSR count). The number of unbranched alkanes of at least 4 members (excludes halogenated alkanes) is 20. The van der Waals surface area contributed by atoms with E-state index in [0.29, 0.717) is 13.2 Å². The zero-order chi connectivity index (χ0) is 26.2. The van der Waals surface area contributed by atoms with Crippen LogP contribution in [-0.4, -0.2) is 19.4 Å². The van der Waals surface area contributed by atoms with Crippen LogP contribution in [0.3, 0.4) is 0 Å². The monoisotopic (exact) mass is 506 g/mol. The fourth-order valence-electron chi connectivity index (χ4n) is 4.34. The van der Waals surface area contributed by atoms with Gasteiger partial charge in [-0.15, -0.1) is 0 Å². The van der Waals surface area contributed by atoms with Crippen molar-refractivity contribution >= 4 is 6.16 Å². The summed E-state index contributed by atoms with van der Waals surface area (Å²) >= 11 is 0. The van der Waals surface area contributed by atoms with Crippen molar-refractivity contribution in [3.8, 4) is 0 Å². The first-order valence-electron chi connectivity index (χ1n) is 15.9. The van der Waals surface area contributed by atoms with E-state index >= 15 is 0 Å². The lowest BCUT2D eigenvalue weighted by molar-refractivity contribution is 0.0529. The van der Waals surface area contributed by atoms with Gasteiger partial charge in [0, 0.05) is 0 Å². The fourth-order valence-corrected chi connectivity index (χ4v) is 4.34. The molecule has 0 saturated heterocycles. The minimum absolute atomic E-state index is 0.488. The smallest absolute Gasteiger partial charge is 0.434 e. The minimum atomic E-state index is -0.488. The largest absolute Gasteiger partial charge is 0.508 e. The van der Waals surface area contributed by atoms with Crippen LogP contribution in [0.2, 0.25) is 0 Å². The van der Waals surface area contributed by atoms with Gasteiger partial charge < -0.3 is 9.47 Å². The predicted molar refractivity (Wildman–Crippen MR) is 158 cm³/mol. The number of carbonyl (C=O) groups is 1. The van der Waals surface area contributed by atoms with E-state index in [1.165, 1.54) is 128 Å². The Morgan fingerprint density at radius 1 is 0.417 bits per heavy atom. The molecule has 0 spiro atoms. The fraction of sp³-hybridized carbons (Fsp3) is 0.848. The molecule has 0 amide bonds. The van der Waals surface area contributed by atoms with Gasteiger partial charge in [-0.1, -0.05) is 128 Å². The molecule has 3 nitrogen and oxygen atoms in total. The second-order valence-electron chi connectivity index (χ2n) is 10.4. The number of hydrogen-bond acceptors (Lipinski definition) is 3. The third kappa shape index (κ3) is 30.8. The molecular weight excluding hydrogens is 444 g/mol. The normalized spacial score (nSPS) is 11.6. The van der Waals surface area contributed by atoms with Crippen LogP contribution in [0.1, 0.15) is 168 Å². The molecule has 0 aliphatic heterocycles. The molecule has 212 valence electrons. The number of rotatable bonds is 28. The van der Waals surface area contributed by atoms with E-state index < -0.39 is 6.16 Å². The third-order valence-corrected chi connectivity index (χ3v) is 6.75. The van der Waals surface area contributed by atoms with Gasteiger partial charge in [0.15, 0.2) is 0 Å². The van der Waals surface area contributed by atoms with E-state index in [0.717, 1.165) is 25.7 Å². The second-order valence-corrected chi connectivity index (χ2v) is 10.4. The summed E-state index contributed by atoms with van der Waals surface area (Å²) in [5, 5.41) is 0. The first kappa shape index (κ1) is 34.8. The standard InChI is InChI=1S/C33H62O3/c1-3-5-7-9-11-13-15-17-19-21-23-25-27-29-31-35-33(34)36-32-30-28-26-24-22-20-18-16-14-12-10-8-6-4-2/h13-16H,3-12,17-32H2,1-2H3/b15-13-,16-14-. The maximum Gasteiger partial charge on any atom is 0.508 e. The van der Waals surface area contributed by atoms with Gasteiger partial charge >= 0.3 is 6.16 Å². The van der Waals surface area contributed by atoms with Crippen LogP contribution < -0.4 is 0 Å². The van der Waals surface area contributed by atoms with Gasteiger partial charge in [0.1, 0.15) is 0 Å².